The van der Waals surface area contributed by atoms with Crippen molar-refractivity contribution >= 4 is 29.9 Å². The van der Waals surface area contributed by atoms with E-state index in [0.29, 0.717) is 12.3 Å². The number of benzene rings is 1. The summed E-state index contributed by atoms with van der Waals surface area (Å²) in [7, 11) is 5.35. The average molecular weight is 480 g/mol. The van der Waals surface area contributed by atoms with E-state index >= 15 is 0 Å². The zero-order chi connectivity index (χ0) is 18.5. The number of hydrogen-bond acceptors (Lipinski definition) is 5. The number of aliphatic imine (C=N–C) groups is 1. The van der Waals surface area contributed by atoms with Crippen molar-refractivity contribution in [3.63, 3.8) is 0 Å². The highest BCUT2D eigenvalue weighted by molar-refractivity contribution is 14.0. The number of rotatable bonds is 11. The minimum Gasteiger partial charge on any atom is -0.504 e. The molecule has 0 aliphatic heterocycles. The Morgan fingerprint density at radius 1 is 1.23 bits per heavy atom. The monoisotopic (exact) mass is 480 g/mol. The second-order valence-corrected chi connectivity index (χ2v) is 5.74. The fraction of sp³-hybridized carbons (Fsp3) is 0.611. The van der Waals surface area contributed by atoms with E-state index in [9.17, 15) is 5.11 Å². The zero-order valence-corrected chi connectivity index (χ0v) is 18.6. The molecule has 0 atom stereocenters. The molecule has 1 rings (SSSR count). The maximum absolute atomic E-state index is 10.1. The van der Waals surface area contributed by atoms with E-state index in [4.69, 9.17) is 9.47 Å². The van der Waals surface area contributed by atoms with Crippen molar-refractivity contribution in [1.29, 1.82) is 0 Å². The average Bonchev–Trinajstić information content (AvgIpc) is 2.61. The lowest BCUT2D eigenvalue weighted by atomic mass is 10.2. The Bertz CT molecular complexity index is 529. The summed E-state index contributed by atoms with van der Waals surface area (Å²) in [5.74, 6) is 1.33. The molecule has 0 spiro atoms. The fourth-order valence-corrected chi connectivity index (χ4v) is 2.32. The van der Waals surface area contributed by atoms with Crippen LogP contribution in [0, 0.1) is 0 Å². The van der Waals surface area contributed by atoms with E-state index in [0.717, 1.165) is 50.7 Å². The van der Waals surface area contributed by atoms with Gasteiger partial charge in [-0.05, 0) is 26.5 Å². The molecule has 0 aliphatic carbocycles. The van der Waals surface area contributed by atoms with Gasteiger partial charge in [-0.3, -0.25) is 0 Å². The molecular weight excluding hydrogens is 447 g/mol. The molecule has 0 amide bonds. The number of likely N-dealkylation sites (N-methyl/N-ethyl adjacent to an activating group) is 1. The minimum absolute atomic E-state index is 0. The molecule has 3 N–H and O–H groups in total. The van der Waals surface area contributed by atoms with Crippen molar-refractivity contribution < 1.29 is 14.6 Å². The highest BCUT2D eigenvalue weighted by atomic mass is 127. The number of phenolic OH excluding ortho intramolecular Hbond substituents is 1. The standard InChI is InChI=1S/C18H32N4O3.HI/c1-5-19-18(20-10-12-22(2)11-7-13-24-3)21-14-15-8-6-9-16(25-4)17(15)23;/h6,8-9,23H,5,7,10-14H2,1-4H3,(H2,19,20,21);1H. The largest absolute Gasteiger partial charge is 0.504 e. The summed E-state index contributed by atoms with van der Waals surface area (Å²) in [6.07, 6.45) is 1.02. The van der Waals surface area contributed by atoms with E-state index in [1.165, 1.54) is 7.11 Å². The third-order valence-corrected chi connectivity index (χ3v) is 3.73. The molecule has 150 valence electrons. The number of nitrogens with one attached hydrogen (secondary N) is 2. The Labute approximate surface area is 174 Å². The van der Waals surface area contributed by atoms with Gasteiger partial charge in [0.25, 0.3) is 0 Å². The van der Waals surface area contributed by atoms with Crippen LogP contribution < -0.4 is 15.4 Å². The number of ether oxygens (including phenoxy) is 2. The van der Waals surface area contributed by atoms with Crippen molar-refractivity contribution in [2.75, 3.05) is 54.1 Å². The van der Waals surface area contributed by atoms with Crippen molar-refractivity contribution in [2.24, 2.45) is 4.99 Å². The minimum atomic E-state index is 0. The predicted molar refractivity (Wildman–Crippen MR) is 117 cm³/mol. The van der Waals surface area contributed by atoms with Gasteiger partial charge >= 0.3 is 0 Å². The Morgan fingerprint density at radius 3 is 2.65 bits per heavy atom. The Morgan fingerprint density at radius 2 is 2.00 bits per heavy atom. The topological polar surface area (TPSA) is 78.4 Å². The first kappa shape index (κ1) is 24.7. The molecule has 7 nitrogen and oxygen atoms in total. The van der Waals surface area contributed by atoms with Crippen LogP contribution in [0.4, 0.5) is 0 Å². The fourth-order valence-electron chi connectivity index (χ4n) is 2.32. The number of para-hydroxylation sites is 1. The summed E-state index contributed by atoms with van der Waals surface area (Å²) < 4.78 is 10.2. The second-order valence-electron chi connectivity index (χ2n) is 5.74. The normalized spacial score (nSPS) is 11.2. The molecule has 8 heteroatoms. The summed E-state index contributed by atoms with van der Waals surface area (Å²) in [5.41, 5.74) is 0.730. The quantitative estimate of drug-likeness (QED) is 0.195. The van der Waals surface area contributed by atoms with Crippen LogP contribution in [0.1, 0.15) is 18.9 Å². The molecule has 0 radical (unpaired) electrons. The zero-order valence-electron chi connectivity index (χ0n) is 16.2. The van der Waals surface area contributed by atoms with Gasteiger partial charge < -0.3 is 30.1 Å². The van der Waals surface area contributed by atoms with Crippen molar-refractivity contribution in [3.8, 4) is 11.5 Å². The van der Waals surface area contributed by atoms with Crippen LogP contribution in [0.15, 0.2) is 23.2 Å². The maximum Gasteiger partial charge on any atom is 0.191 e. The van der Waals surface area contributed by atoms with Crippen LogP contribution in [0.25, 0.3) is 0 Å². The molecule has 0 bridgehead atoms. The van der Waals surface area contributed by atoms with Gasteiger partial charge in [-0.1, -0.05) is 12.1 Å². The van der Waals surface area contributed by atoms with Crippen molar-refractivity contribution in [1.82, 2.24) is 15.5 Å². The van der Waals surface area contributed by atoms with Crippen LogP contribution in [0.2, 0.25) is 0 Å². The lowest BCUT2D eigenvalue weighted by molar-refractivity contribution is 0.180. The molecule has 1 aromatic carbocycles. The number of halogens is 1. The Balaban J connectivity index is 0.00000625. The number of phenols is 1. The number of aromatic hydroxyl groups is 1. The molecular formula is C18H33IN4O3. The predicted octanol–water partition coefficient (Wildman–Crippen LogP) is 2.04. The molecule has 0 saturated carbocycles. The maximum atomic E-state index is 10.1. The van der Waals surface area contributed by atoms with Crippen LogP contribution in [-0.4, -0.2) is 70.0 Å². The van der Waals surface area contributed by atoms with Crippen LogP contribution in [0.5, 0.6) is 11.5 Å². The van der Waals surface area contributed by atoms with E-state index < -0.39 is 0 Å². The van der Waals surface area contributed by atoms with Gasteiger partial charge in [0.2, 0.25) is 0 Å². The SMILES string of the molecule is CCNC(=NCc1cccc(OC)c1O)NCCN(C)CCCOC.I. The molecule has 26 heavy (non-hydrogen) atoms. The molecule has 0 saturated heterocycles. The van der Waals surface area contributed by atoms with Gasteiger partial charge in [0.05, 0.1) is 13.7 Å². The summed E-state index contributed by atoms with van der Waals surface area (Å²) in [4.78, 5) is 6.79. The molecule has 0 fully saturated rings. The summed E-state index contributed by atoms with van der Waals surface area (Å²) in [6.45, 7) is 6.67. The first-order chi connectivity index (χ1) is 12.1. The molecule has 0 aliphatic rings. The second kappa shape index (κ2) is 14.9. The third kappa shape index (κ3) is 9.44. The van der Waals surface area contributed by atoms with Gasteiger partial charge in [0, 0.05) is 45.5 Å². The van der Waals surface area contributed by atoms with Crippen LogP contribution in [0.3, 0.4) is 0 Å². The van der Waals surface area contributed by atoms with Gasteiger partial charge in [-0.25, -0.2) is 4.99 Å². The van der Waals surface area contributed by atoms with Crippen LogP contribution >= 0.6 is 24.0 Å². The summed E-state index contributed by atoms with van der Waals surface area (Å²) >= 11 is 0. The summed E-state index contributed by atoms with van der Waals surface area (Å²) in [6, 6.07) is 5.42. The van der Waals surface area contributed by atoms with E-state index in [1.54, 1.807) is 13.2 Å². The smallest absolute Gasteiger partial charge is 0.191 e. The Hall–Kier alpha value is -1.26. The van der Waals surface area contributed by atoms with E-state index in [1.807, 2.05) is 19.1 Å². The van der Waals surface area contributed by atoms with Crippen LogP contribution in [-0.2, 0) is 11.3 Å². The van der Waals surface area contributed by atoms with E-state index in [2.05, 4.69) is 27.6 Å². The first-order valence-corrected chi connectivity index (χ1v) is 8.66. The van der Waals surface area contributed by atoms with E-state index in [-0.39, 0.29) is 29.7 Å². The highest BCUT2D eigenvalue weighted by Gasteiger charge is 2.07. The lowest BCUT2D eigenvalue weighted by Gasteiger charge is -2.18. The molecule has 0 heterocycles. The molecule has 0 aromatic heterocycles. The third-order valence-electron chi connectivity index (χ3n) is 3.73. The van der Waals surface area contributed by atoms with Gasteiger partial charge in [0.1, 0.15) is 0 Å². The van der Waals surface area contributed by atoms with Crippen molar-refractivity contribution in [3.05, 3.63) is 23.8 Å². The van der Waals surface area contributed by atoms with Crippen molar-refractivity contribution in [2.45, 2.75) is 19.9 Å². The first-order valence-electron chi connectivity index (χ1n) is 8.66. The van der Waals surface area contributed by atoms with Gasteiger partial charge in [-0.15, -0.1) is 24.0 Å². The number of nitrogens with zero attached hydrogens (tertiary/aromatic N) is 2. The number of methoxy groups -OCH3 is 2. The summed E-state index contributed by atoms with van der Waals surface area (Å²) in [5, 5.41) is 16.7. The Kier molecular flexibility index (Phi) is 14.1. The van der Waals surface area contributed by atoms with Gasteiger partial charge in [0.15, 0.2) is 17.5 Å². The lowest BCUT2D eigenvalue weighted by Crippen LogP contribution is -2.41. The number of hydrogen-bond donors (Lipinski definition) is 3. The highest BCUT2D eigenvalue weighted by Crippen LogP contribution is 2.29. The van der Waals surface area contributed by atoms with Gasteiger partial charge in [-0.2, -0.15) is 0 Å². The molecule has 1 aromatic rings. The molecule has 0 unspecified atom stereocenters. The number of guanidine groups is 1.